The summed E-state index contributed by atoms with van der Waals surface area (Å²) in [6.07, 6.45) is 0. The van der Waals surface area contributed by atoms with Crippen LogP contribution in [0, 0.1) is 0 Å². The highest BCUT2D eigenvalue weighted by atomic mass is 16.9. The Morgan fingerprint density at radius 2 is 1.96 bits per heavy atom. The number of rotatable bonds is 5. The van der Waals surface area contributed by atoms with Crippen molar-refractivity contribution in [3.63, 3.8) is 0 Å². The summed E-state index contributed by atoms with van der Waals surface area (Å²) in [5.41, 5.74) is -0.467. The first-order valence-electron chi connectivity index (χ1n) is 8.42. The molecule has 0 bridgehead atoms. The Hall–Kier alpha value is -3.06. The molecule has 0 spiro atoms. The Kier molecular flexibility index (Phi) is 4.80. The minimum atomic E-state index is -1.38. The molecule has 1 unspecified atom stereocenters. The highest BCUT2D eigenvalue weighted by Crippen LogP contribution is 2.49. The van der Waals surface area contributed by atoms with E-state index in [1.165, 1.54) is 13.0 Å². The molecule has 1 atom stereocenters. The number of esters is 1. The summed E-state index contributed by atoms with van der Waals surface area (Å²) in [5.74, 6) is -1.19. The normalized spacial score (nSPS) is 17.6. The number of benzene rings is 1. The van der Waals surface area contributed by atoms with Gasteiger partial charge in [0, 0.05) is 13.8 Å². The maximum atomic E-state index is 13.1. The Morgan fingerprint density at radius 3 is 2.59 bits per heavy atom. The third kappa shape index (κ3) is 3.59. The minimum absolute atomic E-state index is 0.0359. The molecule has 2 aromatic carbocycles. The standard InChI is InChI=1S/C20H20O7/c1-6-23-20(5)26-15-10-13-8-7-9-14(24-11(2)3)17(22)16(13)19(18(15)27-20)25-12(4)21/h7-10H,2,6H2,1,3-5H3. The van der Waals surface area contributed by atoms with Crippen LogP contribution in [0.25, 0.3) is 10.8 Å². The molecule has 0 fully saturated rings. The van der Waals surface area contributed by atoms with E-state index in [4.69, 9.17) is 23.7 Å². The van der Waals surface area contributed by atoms with Gasteiger partial charge in [0.15, 0.2) is 17.2 Å². The first-order valence-corrected chi connectivity index (χ1v) is 8.42. The van der Waals surface area contributed by atoms with Crippen LogP contribution in [0.2, 0.25) is 0 Å². The topological polar surface area (TPSA) is 80.3 Å². The maximum Gasteiger partial charge on any atom is 0.369 e. The molecule has 3 rings (SSSR count). The lowest BCUT2D eigenvalue weighted by molar-refractivity contribution is -0.266. The van der Waals surface area contributed by atoms with Crippen molar-refractivity contribution in [2.24, 2.45) is 0 Å². The highest BCUT2D eigenvalue weighted by Gasteiger charge is 2.41. The minimum Gasteiger partial charge on any atom is -0.459 e. The maximum absolute atomic E-state index is 13.1. The van der Waals surface area contributed by atoms with Crippen LogP contribution in [0.4, 0.5) is 0 Å². The number of carbonyl (C=O) groups excluding carboxylic acids is 1. The van der Waals surface area contributed by atoms with E-state index in [0.29, 0.717) is 23.5 Å². The van der Waals surface area contributed by atoms with Gasteiger partial charge in [-0.3, -0.25) is 9.59 Å². The number of carbonyl (C=O) groups is 1. The SMILES string of the molecule is C=C(C)Oc1cccc2cc3c(c(OC(C)=O)c2c1=O)OC(C)(OCC)O3. The lowest BCUT2D eigenvalue weighted by atomic mass is 10.1. The summed E-state index contributed by atoms with van der Waals surface area (Å²) in [7, 11) is 0. The van der Waals surface area contributed by atoms with Crippen molar-refractivity contribution in [3.05, 3.63) is 46.8 Å². The Bertz CT molecular complexity index is 996. The van der Waals surface area contributed by atoms with Crippen molar-refractivity contribution in [2.75, 3.05) is 6.61 Å². The summed E-state index contributed by atoms with van der Waals surface area (Å²) in [4.78, 5) is 24.8. The summed E-state index contributed by atoms with van der Waals surface area (Å²) >= 11 is 0. The second-order valence-electron chi connectivity index (χ2n) is 6.11. The fourth-order valence-electron chi connectivity index (χ4n) is 2.85. The summed E-state index contributed by atoms with van der Waals surface area (Å²) in [6, 6.07) is 6.50. The fourth-order valence-corrected chi connectivity index (χ4v) is 2.85. The molecule has 142 valence electrons. The van der Waals surface area contributed by atoms with Gasteiger partial charge in [-0.25, -0.2) is 0 Å². The molecule has 27 heavy (non-hydrogen) atoms. The van der Waals surface area contributed by atoms with Crippen LogP contribution in [0.5, 0.6) is 23.0 Å². The number of hydrogen-bond donors (Lipinski definition) is 0. The quantitative estimate of drug-likeness (QED) is 0.451. The molecule has 2 aromatic rings. The van der Waals surface area contributed by atoms with Crippen molar-refractivity contribution in [1.82, 2.24) is 0 Å². The zero-order valence-electron chi connectivity index (χ0n) is 15.6. The average molecular weight is 372 g/mol. The van der Waals surface area contributed by atoms with Gasteiger partial charge in [-0.05, 0) is 31.4 Å². The van der Waals surface area contributed by atoms with E-state index in [2.05, 4.69) is 6.58 Å². The van der Waals surface area contributed by atoms with Gasteiger partial charge >= 0.3 is 11.9 Å². The van der Waals surface area contributed by atoms with Crippen molar-refractivity contribution < 1.29 is 28.5 Å². The van der Waals surface area contributed by atoms with Crippen LogP contribution >= 0.6 is 0 Å². The molecule has 7 nitrogen and oxygen atoms in total. The van der Waals surface area contributed by atoms with Crippen LogP contribution in [0.3, 0.4) is 0 Å². The predicted molar refractivity (Wildman–Crippen MR) is 98.3 cm³/mol. The van der Waals surface area contributed by atoms with Gasteiger partial charge in [-0.2, -0.15) is 0 Å². The first kappa shape index (κ1) is 18.7. The van der Waals surface area contributed by atoms with Gasteiger partial charge in [0.1, 0.15) is 0 Å². The Balaban J connectivity index is 2.32. The summed E-state index contributed by atoms with van der Waals surface area (Å²) in [5, 5.41) is 0.630. The summed E-state index contributed by atoms with van der Waals surface area (Å²) < 4.78 is 27.8. The van der Waals surface area contributed by atoms with E-state index in [1.54, 1.807) is 39.0 Å². The van der Waals surface area contributed by atoms with Crippen molar-refractivity contribution in [3.8, 4) is 23.0 Å². The number of allylic oxidation sites excluding steroid dienone is 1. The fraction of sp³-hybridized carbons (Fsp3) is 0.300. The number of fused-ring (bicyclic) bond motifs is 2. The van der Waals surface area contributed by atoms with Crippen molar-refractivity contribution in [1.29, 1.82) is 0 Å². The van der Waals surface area contributed by atoms with Crippen LogP contribution < -0.4 is 24.4 Å². The molecule has 0 aromatic heterocycles. The molecule has 1 heterocycles. The number of ether oxygens (including phenoxy) is 5. The molecule has 1 aliphatic rings. The van der Waals surface area contributed by atoms with Crippen LogP contribution in [-0.4, -0.2) is 18.5 Å². The van der Waals surface area contributed by atoms with E-state index >= 15 is 0 Å². The molecule has 1 aliphatic heterocycles. The molecule has 0 N–H and O–H groups in total. The lowest BCUT2D eigenvalue weighted by Crippen LogP contribution is -2.38. The zero-order chi connectivity index (χ0) is 19.8. The van der Waals surface area contributed by atoms with Gasteiger partial charge in [0.05, 0.1) is 17.8 Å². The molecule has 0 aliphatic carbocycles. The van der Waals surface area contributed by atoms with Gasteiger partial charge in [0.25, 0.3) is 0 Å². The first-order chi connectivity index (χ1) is 12.7. The van der Waals surface area contributed by atoms with Crippen LogP contribution in [-0.2, 0) is 9.53 Å². The van der Waals surface area contributed by atoms with E-state index < -0.39 is 17.4 Å². The molecule has 7 heteroatoms. The summed E-state index contributed by atoms with van der Waals surface area (Å²) in [6.45, 7) is 10.2. The van der Waals surface area contributed by atoms with E-state index in [0.717, 1.165) is 0 Å². The molecular formula is C20H20O7. The van der Waals surface area contributed by atoms with Gasteiger partial charge in [-0.15, -0.1) is 0 Å². The zero-order valence-corrected chi connectivity index (χ0v) is 15.6. The Morgan fingerprint density at radius 1 is 1.22 bits per heavy atom. The average Bonchev–Trinajstić information content (AvgIpc) is 2.81. The van der Waals surface area contributed by atoms with E-state index in [-0.39, 0.29) is 22.6 Å². The molecule has 0 saturated heterocycles. The molecule has 0 radical (unpaired) electrons. The van der Waals surface area contributed by atoms with E-state index in [9.17, 15) is 9.59 Å². The van der Waals surface area contributed by atoms with Crippen molar-refractivity contribution in [2.45, 2.75) is 33.7 Å². The third-order valence-electron chi connectivity index (χ3n) is 3.73. The van der Waals surface area contributed by atoms with Crippen molar-refractivity contribution >= 4 is 16.7 Å². The van der Waals surface area contributed by atoms with Gasteiger partial charge in [0.2, 0.25) is 11.2 Å². The molecule has 0 saturated carbocycles. The molecular weight excluding hydrogens is 352 g/mol. The number of hydrogen-bond acceptors (Lipinski definition) is 7. The monoisotopic (exact) mass is 372 g/mol. The second-order valence-corrected chi connectivity index (χ2v) is 6.11. The third-order valence-corrected chi connectivity index (χ3v) is 3.73. The van der Waals surface area contributed by atoms with Gasteiger partial charge < -0.3 is 23.7 Å². The van der Waals surface area contributed by atoms with Crippen LogP contribution in [0.1, 0.15) is 27.7 Å². The van der Waals surface area contributed by atoms with Gasteiger partial charge in [-0.1, -0.05) is 18.7 Å². The van der Waals surface area contributed by atoms with Crippen LogP contribution in [0.15, 0.2) is 41.4 Å². The second kappa shape index (κ2) is 6.92. The predicted octanol–water partition coefficient (Wildman–Crippen LogP) is 3.52. The molecule has 0 amide bonds. The lowest BCUT2D eigenvalue weighted by Gasteiger charge is -2.21. The smallest absolute Gasteiger partial charge is 0.369 e. The highest BCUT2D eigenvalue weighted by molar-refractivity contribution is 5.95. The largest absolute Gasteiger partial charge is 0.459 e. The Labute approximate surface area is 156 Å². The van der Waals surface area contributed by atoms with E-state index in [1.807, 2.05) is 0 Å².